The molecule has 0 atom stereocenters. The molecule has 3 aromatic rings. The fraction of sp³-hybridized carbons (Fsp3) is 0.250. The average Bonchev–Trinajstić information content (AvgIpc) is 2.98. The molecule has 2 aromatic heterocycles. The second kappa shape index (κ2) is 6.98. The monoisotopic (exact) mass is 332 g/mol. The highest BCUT2D eigenvalue weighted by molar-refractivity contribution is 7.97. The van der Waals surface area contributed by atoms with Crippen LogP contribution in [0, 0.1) is 0 Å². The van der Waals surface area contributed by atoms with E-state index in [-0.39, 0.29) is 5.56 Å². The summed E-state index contributed by atoms with van der Waals surface area (Å²) in [6.45, 7) is 2.65. The Morgan fingerprint density at radius 3 is 3.05 bits per heavy atom. The molecular formula is C16H16N2O2S2. The number of benzene rings is 1. The Bertz CT molecular complexity index is 826. The first-order valence-electron chi connectivity index (χ1n) is 7.02. The Balaban J connectivity index is 1.68. The van der Waals surface area contributed by atoms with E-state index in [2.05, 4.69) is 11.1 Å². The Morgan fingerprint density at radius 2 is 2.18 bits per heavy atom. The third-order valence-corrected chi connectivity index (χ3v) is 4.91. The van der Waals surface area contributed by atoms with Crippen molar-refractivity contribution in [1.82, 2.24) is 9.38 Å². The Hall–Kier alpha value is -1.79. The van der Waals surface area contributed by atoms with E-state index in [9.17, 15) is 4.79 Å². The lowest BCUT2D eigenvalue weighted by Gasteiger charge is -2.09. The fourth-order valence-electron chi connectivity index (χ4n) is 2.15. The molecule has 0 N–H and O–H groups in total. The number of thiazole rings is 1. The van der Waals surface area contributed by atoms with Crippen LogP contribution >= 0.6 is 23.1 Å². The molecule has 0 aliphatic rings. The van der Waals surface area contributed by atoms with Gasteiger partial charge in [-0.2, -0.15) is 11.8 Å². The van der Waals surface area contributed by atoms with E-state index >= 15 is 0 Å². The normalized spacial score (nSPS) is 11.0. The van der Waals surface area contributed by atoms with E-state index in [0.29, 0.717) is 12.4 Å². The van der Waals surface area contributed by atoms with Crippen molar-refractivity contribution in [3.8, 4) is 5.75 Å². The molecule has 3 rings (SSSR count). The summed E-state index contributed by atoms with van der Waals surface area (Å²) in [6, 6.07) is 9.67. The largest absolute Gasteiger partial charge is 0.494 e. The van der Waals surface area contributed by atoms with Crippen molar-refractivity contribution in [2.75, 3.05) is 6.61 Å². The average molecular weight is 332 g/mol. The lowest BCUT2D eigenvalue weighted by Crippen LogP contribution is -2.12. The molecular weight excluding hydrogens is 316 g/mol. The molecule has 0 aliphatic carbocycles. The van der Waals surface area contributed by atoms with Crippen molar-refractivity contribution in [2.45, 2.75) is 18.4 Å². The van der Waals surface area contributed by atoms with Crippen molar-refractivity contribution in [3.05, 3.63) is 63.5 Å². The van der Waals surface area contributed by atoms with E-state index in [1.807, 2.05) is 30.5 Å². The second-order valence-electron chi connectivity index (χ2n) is 4.67. The molecule has 4 nitrogen and oxygen atoms in total. The van der Waals surface area contributed by atoms with Crippen LogP contribution in [0.25, 0.3) is 4.96 Å². The lowest BCUT2D eigenvalue weighted by molar-refractivity contribution is 0.337. The highest BCUT2D eigenvalue weighted by Crippen LogP contribution is 2.24. The molecule has 0 amide bonds. The summed E-state index contributed by atoms with van der Waals surface area (Å²) in [7, 11) is 0. The van der Waals surface area contributed by atoms with E-state index < -0.39 is 0 Å². The molecule has 0 radical (unpaired) electrons. The van der Waals surface area contributed by atoms with Crippen molar-refractivity contribution >= 4 is 28.1 Å². The van der Waals surface area contributed by atoms with Gasteiger partial charge in [0.15, 0.2) is 4.96 Å². The number of rotatable bonds is 6. The van der Waals surface area contributed by atoms with Crippen LogP contribution in [0.15, 0.2) is 46.7 Å². The van der Waals surface area contributed by atoms with Crippen LogP contribution in [0.2, 0.25) is 0 Å². The zero-order valence-electron chi connectivity index (χ0n) is 12.2. The smallest absolute Gasteiger partial charge is 0.258 e. The first-order chi connectivity index (χ1) is 10.8. The number of nitrogens with zero attached hydrogens (tertiary/aromatic N) is 2. The summed E-state index contributed by atoms with van der Waals surface area (Å²) in [4.78, 5) is 17.2. The van der Waals surface area contributed by atoms with E-state index in [1.165, 1.54) is 16.9 Å². The first kappa shape index (κ1) is 15.1. The summed E-state index contributed by atoms with van der Waals surface area (Å²) < 4.78 is 7.20. The van der Waals surface area contributed by atoms with Gasteiger partial charge in [0.1, 0.15) is 5.75 Å². The van der Waals surface area contributed by atoms with Crippen molar-refractivity contribution in [1.29, 1.82) is 0 Å². The molecule has 0 fully saturated rings. The SMILES string of the molecule is CCOc1ccccc1CSCc1cc(=O)n2ccsc2n1. The number of thioether (sulfide) groups is 1. The summed E-state index contributed by atoms with van der Waals surface area (Å²) in [5.41, 5.74) is 1.98. The topological polar surface area (TPSA) is 43.6 Å². The molecule has 114 valence electrons. The molecule has 1 aromatic carbocycles. The maximum absolute atomic E-state index is 11.9. The molecule has 0 saturated carbocycles. The molecule has 6 heteroatoms. The van der Waals surface area contributed by atoms with Crippen molar-refractivity contribution in [3.63, 3.8) is 0 Å². The number of fused-ring (bicyclic) bond motifs is 1. The Morgan fingerprint density at radius 1 is 1.32 bits per heavy atom. The van der Waals surface area contributed by atoms with Gasteiger partial charge in [-0.15, -0.1) is 11.3 Å². The molecule has 0 aliphatic heterocycles. The summed E-state index contributed by atoms with van der Waals surface area (Å²) in [5, 5.41) is 1.87. The van der Waals surface area contributed by atoms with Gasteiger partial charge in [0.25, 0.3) is 5.56 Å². The zero-order chi connectivity index (χ0) is 15.4. The van der Waals surface area contributed by atoms with Crippen LogP contribution in [0.4, 0.5) is 0 Å². The van der Waals surface area contributed by atoms with Crippen molar-refractivity contribution < 1.29 is 4.74 Å². The minimum Gasteiger partial charge on any atom is -0.494 e. The van der Waals surface area contributed by atoms with Gasteiger partial charge >= 0.3 is 0 Å². The summed E-state index contributed by atoms with van der Waals surface area (Å²) in [6.07, 6.45) is 1.75. The van der Waals surface area contributed by atoms with Crippen LogP contribution in [-0.2, 0) is 11.5 Å². The number of para-hydroxylation sites is 1. The molecule has 0 unspecified atom stereocenters. The third kappa shape index (κ3) is 3.34. The Kier molecular flexibility index (Phi) is 4.80. The Labute approximate surface area is 136 Å². The highest BCUT2D eigenvalue weighted by Gasteiger charge is 2.06. The van der Waals surface area contributed by atoms with Gasteiger partial charge in [0.2, 0.25) is 0 Å². The minimum atomic E-state index is -0.0171. The number of ether oxygens (including phenoxy) is 1. The summed E-state index contributed by atoms with van der Waals surface area (Å²) in [5.74, 6) is 2.48. The molecule has 0 bridgehead atoms. The van der Waals surface area contributed by atoms with Crippen LogP contribution in [0.1, 0.15) is 18.2 Å². The first-order valence-corrected chi connectivity index (χ1v) is 9.05. The zero-order valence-corrected chi connectivity index (χ0v) is 13.8. The van der Waals surface area contributed by atoms with Gasteiger partial charge < -0.3 is 4.74 Å². The standard InChI is InChI=1S/C16H16N2O2S2/c1-2-20-14-6-4-3-5-12(14)10-21-11-13-9-15(19)18-7-8-22-16(18)17-13/h3-9H,2,10-11H2,1H3. The van der Waals surface area contributed by atoms with Gasteiger partial charge in [-0.1, -0.05) is 18.2 Å². The maximum atomic E-state index is 11.9. The van der Waals surface area contributed by atoms with Gasteiger partial charge in [0, 0.05) is 34.7 Å². The van der Waals surface area contributed by atoms with Crippen LogP contribution in [-0.4, -0.2) is 16.0 Å². The van der Waals surface area contributed by atoms with E-state index in [1.54, 1.807) is 28.4 Å². The molecule has 0 saturated heterocycles. The molecule has 2 heterocycles. The van der Waals surface area contributed by atoms with Crippen LogP contribution in [0.3, 0.4) is 0 Å². The van der Waals surface area contributed by atoms with Crippen LogP contribution < -0.4 is 10.3 Å². The van der Waals surface area contributed by atoms with Gasteiger partial charge in [-0.25, -0.2) is 4.98 Å². The lowest BCUT2D eigenvalue weighted by atomic mass is 10.2. The predicted molar refractivity (Wildman–Crippen MR) is 91.9 cm³/mol. The molecule has 22 heavy (non-hydrogen) atoms. The van der Waals surface area contributed by atoms with Crippen molar-refractivity contribution in [2.24, 2.45) is 0 Å². The van der Waals surface area contributed by atoms with Gasteiger partial charge in [-0.3, -0.25) is 9.20 Å². The summed E-state index contributed by atoms with van der Waals surface area (Å²) >= 11 is 3.21. The second-order valence-corrected chi connectivity index (χ2v) is 6.53. The predicted octanol–water partition coefficient (Wildman–Crippen LogP) is 3.59. The van der Waals surface area contributed by atoms with E-state index in [4.69, 9.17) is 4.74 Å². The molecule has 0 spiro atoms. The van der Waals surface area contributed by atoms with Gasteiger partial charge in [-0.05, 0) is 13.0 Å². The number of aromatic nitrogens is 2. The maximum Gasteiger partial charge on any atom is 0.258 e. The van der Waals surface area contributed by atoms with E-state index in [0.717, 1.165) is 22.2 Å². The minimum absolute atomic E-state index is 0.0171. The quantitative estimate of drug-likeness (QED) is 0.692. The number of hydrogen-bond donors (Lipinski definition) is 0. The van der Waals surface area contributed by atoms with Crippen LogP contribution in [0.5, 0.6) is 5.75 Å². The van der Waals surface area contributed by atoms with Gasteiger partial charge in [0.05, 0.1) is 12.3 Å². The third-order valence-electron chi connectivity index (χ3n) is 3.14. The number of hydrogen-bond acceptors (Lipinski definition) is 5. The highest BCUT2D eigenvalue weighted by atomic mass is 32.2. The fourth-order valence-corrected chi connectivity index (χ4v) is 3.80.